The van der Waals surface area contributed by atoms with Crippen LogP contribution in [0.15, 0.2) is 43.0 Å². The highest BCUT2D eigenvalue weighted by Gasteiger charge is 2.31. The van der Waals surface area contributed by atoms with Crippen molar-refractivity contribution in [1.29, 1.82) is 0 Å². The van der Waals surface area contributed by atoms with E-state index < -0.39 is 0 Å². The van der Waals surface area contributed by atoms with Gasteiger partial charge >= 0.3 is 0 Å². The summed E-state index contributed by atoms with van der Waals surface area (Å²) in [6.45, 7) is 6.74. The number of nitrogens with zero attached hydrogens (tertiary/aromatic N) is 2. The zero-order chi connectivity index (χ0) is 14.1. The second-order valence-corrected chi connectivity index (χ2v) is 5.55. The van der Waals surface area contributed by atoms with Crippen molar-refractivity contribution in [3.8, 4) is 0 Å². The molecular formula is C17H21N3. The zero-order valence-electron chi connectivity index (χ0n) is 11.9. The summed E-state index contributed by atoms with van der Waals surface area (Å²) >= 11 is 0. The van der Waals surface area contributed by atoms with E-state index >= 15 is 0 Å². The standard InChI is InChI=1S/C17H21N3/c1-3-11-20-16(18)15(19-17(20)14-9-10-14)12(2)13-7-5-4-6-8-13/h3-8,12,14H,1,9-11,18H2,2H3. The van der Waals surface area contributed by atoms with Gasteiger partial charge in [-0.1, -0.05) is 43.3 Å². The number of rotatable bonds is 5. The van der Waals surface area contributed by atoms with E-state index in [0.29, 0.717) is 5.92 Å². The monoisotopic (exact) mass is 267 g/mol. The van der Waals surface area contributed by atoms with Gasteiger partial charge in [0.15, 0.2) is 0 Å². The van der Waals surface area contributed by atoms with Gasteiger partial charge in [0.1, 0.15) is 11.6 Å². The first-order valence-corrected chi connectivity index (χ1v) is 7.24. The lowest BCUT2D eigenvalue weighted by Gasteiger charge is -2.11. The Morgan fingerprint density at radius 1 is 1.40 bits per heavy atom. The van der Waals surface area contributed by atoms with Gasteiger partial charge in [0.2, 0.25) is 0 Å². The third-order valence-corrected chi connectivity index (χ3v) is 4.03. The largest absolute Gasteiger partial charge is 0.384 e. The smallest absolute Gasteiger partial charge is 0.127 e. The van der Waals surface area contributed by atoms with E-state index in [1.165, 1.54) is 18.4 Å². The summed E-state index contributed by atoms with van der Waals surface area (Å²) in [7, 11) is 0. The third kappa shape index (κ3) is 2.24. The van der Waals surface area contributed by atoms with Crippen molar-refractivity contribution in [3.05, 3.63) is 60.1 Å². The Morgan fingerprint density at radius 2 is 2.10 bits per heavy atom. The summed E-state index contributed by atoms with van der Waals surface area (Å²) in [5, 5.41) is 0. The fourth-order valence-corrected chi connectivity index (χ4v) is 2.70. The maximum atomic E-state index is 6.35. The quantitative estimate of drug-likeness (QED) is 0.840. The lowest BCUT2D eigenvalue weighted by atomic mass is 9.98. The van der Waals surface area contributed by atoms with Crippen molar-refractivity contribution in [2.75, 3.05) is 5.73 Å². The first-order chi connectivity index (χ1) is 9.72. The molecule has 1 saturated carbocycles. The second kappa shape index (κ2) is 5.16. The Kier molecular flexibility index (Phi) is 3.35. The van der Waals surface area contributed by atoms with Crippen LogP contribution in [-0.4, -0.2) is 9.55 Å². The molecule has 2 aromatic rings. The van der Waals surface area contributed by atoms with Gasteiger partial charge in [0.25, 0.3) is 0 Å². The third-order valence-electron chi connectivity index (χ3n) is 4.03. The number of nitrogen functional groups attached to an aromatic ring is 1. The SMILES string of the molecule is C=CCn1c(C2CC2)nc(C(C)c2ccccc2)c1N. The summed E-state index contributed by atoms with van der Waals surface area (Å²) < 4.78 is 2.12. The van der Waals surface area contributed by atoms with Crippen LogP contribution in [0.1, 0.15) is 48.7 Å². The topological polar surface area (TPSA) is 43.8 Å². The van der Waals surface area contributed by atoms with Crippen LogP contribution in [0.25, 0.3) is 0 Å². The number of nitrogens with two attached hydrogens (primary N) is 1. The first kappa shape index (κ1) is 13.0. The van der Waals surface area contributed by atoms with Crippen LogP contribution < -0.4 is 5.73 Å². The number of imidazole rings is 1. The fraction of sp³-hybridized carbons (Fsp3) is 0.353. The Bertz CT molecular complexity index is 609. The lowest BCUT2D eigenvalue weighted by Crippen LogP contribution is -2.06. The van der Waals surface area contributed by atoms with Gasteiger partial charge in [-0.15, -0.1) is 6.58 Å². The molecule has 3 heteroatoms. The number of benzene rings is 1. The molecule has 1 fully saturated rings. The summed E-state index contributed by atoms with van der Waals surface area (Å²) in [5.41, 5.74) is 8.60. The molecule has 1 aromatic carbocycles. The molecule has 1 atom stereocenters. The van der Waals surface area contributed by atoms with Crippen molar-refractivity contribution in [2.45, 2.75) is 38.1 Å². The van der Waals surface area contributed by atoms with E-state index in [-0.39, 0.29) is 5.92 Å². The predicted molar refractivity (Wildman–Crippen MR) is 82.8 cm³/mol. The average molecular weight is 267 g/mol. The molecule has 0 saturated heterocycles. The highest BCUT2D eigenvalue weighted by molar-refractivity contribution is 5.45. The van der Waals surface area contributed by atoms with Crippen LogP contribution in [0.3, 0.4) is 0 Å². The molecular weight excluding hydrogens is 246 g/mol. The molecule has 0 radical (unpaired) electrons. The lowest BCUT2D eigenvalue weighted by molar-refractivity contribution is 0.750. The Morgan fingerprint density at radius 3 is 2.70 bits per heavy atom. The van der Waals surface area contributed by atoms with Gasteiger partial charge < -0.3 is 10.3 Å². The van der Waals surface area contributed by atoms with Crippen molar-refractivity contribution >= 4 is 5.82 Å². The molecule has 1 unspecified atom stereocenters. The highest BCUT2D eigenvalue weighted by atomic mass is 15.1. The van der Waals surface area contributed by atoms with Gasteiger partial charge in [-0.25, -0.2) is 4.98 Å². The number of hydrogen-bond acceptors (Lipinski definition) is 2. The number of allylic oxidation sites excluding steroid dienone is 1. The molecule has 0 bridgehead atoms. The van der Waals surface area contributed by atoms with E-state index in [1.54, 1.807) is 0 Å². The molecule has 1 aliphatic rings. The molecule has 3 nitrogen and oxygen atoms in total. The summed E-state index contributed by atoms with van der Waals surface area (Å²) in [4.78, 5) is 4.86. The maximum Gasteiger partial charge on any atom is 0.127 e. The van der Waals surface area contributed by atoms with Gasteiger partial charge in [-0.3, -0.25) is 0 Å². The molecule has 0 amide bonds. The molecule has 104 valence electrons. The molecule has 3 rings (SSSR count). The zero-order valence-corrected chi connectivity index (χ0v) is 11.9. The van der Waals surface area contributed by atoms with E-state index in [1.807, 2.05) is 12.1 Å². The number of aromatic nitrogens is 2. The van der Waals surface area contributed by atoms with Crippen molar-refractivity contribution in [1.82, 2.24) is 9.55 Å². The van der Waals surface area contributed by atoms with E-state index in [4.69, 9.17) is 10.7 Å². The molecule has 1 aliphatic carbocycles. The summed E-state index contributed by atoms with van der Waals surface area (Å²) in [5.74, 6) is 2.75. The van der Waals surface area contributed by atoms with Gasteiger partial charge in [-0.05, 0) is 18.4 Å². The number of anilines is 1. The second-order valence-electron chi connectivity index (χ2n) is 5.55. The fourth-order valence-electron chi connectivity index (χ4n) is 2.70. The van der Waals surface area contributed by atoms with Crippen LogP contribution in [0.4, 0.5) is 5.82 Å². The Labute approximate surface area is 120 Å². The van der Waals surface area contributed by atoms with Crippen molar-refractivity contribution < 1.29 is 0 Å². The molecule has 1 heterocycles. The minimum Gasteiger partial charge on any atom is -0.384 e. The van der Waals surface area contributed by atoms with Crippen molar-refractivity contribution in [2.24, 2.45) is 0 Å². The normalized spacial score (nSPS) is 16.1. The molecule has 1 aromatic heterocycles. The van der Waals surface area contributed by atoms with Gasteiger partial charge in [0, 0.05) is 18.4 Å². The van der Waals surface area contributed by atoms with Crippen LogP contribution in [-0.2, 0) is 6.54 Å². The van der Waals surface area contributed by atoms with E-state index in [9.17, 15) is 0 Å². The van der Waals surface area contributed by atoms with Crippen LogP contribution in [0.2, 0.25) is 0 Å². The summed E-state index contributed by atoms with van der Waals surface area (Å²) in [6, 6.07) is 10.4. The van der Waals surface area contributed by atoms with Gasteiger partial charge in [0.05, 0.1) is 5.69 Å². The van der Waals surface area contributed by atoms with E-state index in [2.05, 4.69) is 42.3 Å². The highest BCUT2D eigenvalue weighted by Crippen LogP contribution is 2.42. The minimum absolute atomic E-state index is 0.222. The van der Waals surface area contributed by atoms with Crippen LogP contribution in [0.5, 0.6) is 0 Å². The summed E-state index contributed by atoms with van der Waals surface area (Å²) in [6.07, 6.45) is 4.35. The molecule has 0 spiro atoms. The predicted octanol–water partition coefficient (Wildman–Crippen LogP) is 3.68. The first-order valence-electron chi connectivity index (χ1n) is 7.24. The maximum absolute atomic E-state index is 6.35. The number of hydrogen-bond donors (Lipinski definition) is 1. The molecule has 2 N–H and O–H groups in total. The van der Waals surface area contributed by atoms with Gasteiger partial charge in [-0.2, -0.15) is 0 Å². The minimum atomic E-state index is 0.222. The molecule has 0 aliphatic heterocycles. The van der Waals surface area contributed by atoms with E-state index in [0.717, 1.165) is 23.9 Å². The Hall–Kier alpha value is -2.03. The van der Waals surface area contributed by atoms with Crippen molar-refractivity contribution in [3.63, 3.8) is 0 Å². The average Bonchev–Trinajstić information content (AvgIpc) is 3.27. The molecule has 20 heavy (non-hydrogen) atoms. The Balaban J connectivity index is 2.01. The van der Waals surface area contributed by atoms with Crippen LogP contribution in [0, 0.1) is 0 Å². The van der Waals surface area contributed by atoms with Crippen LogP contribution >= 0.6 is 0 Å².